The van der Waals surface area contributed by atoms with Crippen LogP contribution < -0.4 is 4.90 Å². The van der Waals surface area contributed by atoms with Gasteiger partial charge in [-0.15, -0.1) is 0 Å². The molecule has 0 fully saturated rings. The van der Waals surface area contributed by atoms with Gasteiger partial charge < -0.3 is 9.80 Å². The molecule has 0 bridgehead atoms. The Balaban J connectivity index is 2.99. The Morgan fingerprint density at radius 2 is 2.11 bits per heavy atom. The molecule has 1 aromatic rings. The normalized spacial score (nSPS) is 9.84. The van der Waals surface area contributed by atoms with Gasteiger partial charge in [0.05, 0.1) is 28.9 Å². The molecule has 0 spiro atoms. The Bertz CT molecular complexity index is 494. The van der Waals surface area contributed by atoms with Crippen LogP contribution in [-0.2, 0) is 4.79 Å². The first-order valence-corrected chi connectivity index (χ1v) is 6.52. The molecule has 1 rings (SSSR count). The molecule has 0 atom stereocenters. The summed E-state index contributed by atoms with van der Waals surface area (Å²) in [5, 5.41) is 9.33. The van der Waals surface area contributed by atoms with Crippen LogP contribution in [0.5, 0.6) is 0 Å². The number of rotatable bonds is 5. The molecule has 0 saturated heterocycles. The highest BCUT2D eigenvalue weighted by molar-refractivity contribution is 6.33. The van der Waals surface area contributed by atoms with Crippen molar-refractivity contribution in [2.45, 2.75) is 13.3 Å². The van der Waals surface area contributed by atoms with Gasteiger partial charge in [-0.1, -0.05) is 18.5 Å². The Kier molecular flexibility index (Phi) is 5.65. The SMILES string of the molecule is CCCN(CC(=O)N(C)C)c1ccc(C#N)cc1Cl. The van der Waals surface area contributed by atoms with Crippen molar-refractivity contribution in [2.75, 3.05) is 32.1 Å². The maximum absolute atomic E-state index is 11.8. The van der Waals surface area contributed by atoms with Crippen LogP contribution in [0.25, 0.3) is 0 Å². The van der Waals surface area contributed by atoms with E-state index in [4.69, 9.17) is 16.9 Å². The van der Waals surface area contributed by atoms with Crippen LogP contribution in [0.3, 0.4) is 0 Å². The van der Waals surface area contributed by atoms with Crippen molar-refractivity contribution in [2.24, 2.45) is 0 Å². The van der Waals surface area contributed by atoms with E-state index in [1.54, 1.807) is 37.2 Å². The minimum atomic E-state index is 0.0221. The Hall–Kier alpha value is -1.73. The van der Waals surface area contributed by atoms with Gasteiger partial charge in [-0.05, 0) is 24.6 Å². The Labute approximate surface area is 119 Å². The molecule has 1 aromatic carbocycles. The zero-order valence-electron chi connectivity index (χ0n) is 11.5. The minimum Gasteiger partial charge on any atom is -0.361 e. The largest absolute Gasteiger partial charge is 0.361 e. The number of anilines is 1. The molecule has 5 heteroatoms. The fourth-order valence-electron chi connectivity index (χ4n) is 1.69. The fraction of sp³-hybridized carbons (Fsp3) is 0.429. The van der Waals surface area contributed by atoms with E-state index in [0.29, 0.717) is 10.6 Å². The number of amides is 1. The van der Waals surface area contributed by atoms with Crippen LogP contribution in [0.4, 0.5) is 5.69 Å². The van der Waals surface area contributed by atoms with E-state index in [2.05, 4.69) is 0 Å². The number of hydrogen-bond donors (Lipinski definition) is 0. The van der Waals surface area contributed by atoms with Crippen LogP contribution in [0.1, 0.15) is 18.9 Å². The lowest BCUT2D eigenvalue weighted by Gasteiger charge is -2.26. The second kappa shape index (κ2) is 7.01. The predicted molar refractivity (Wildman–Crippen MR) is 77.4 cm³/mol. The number of halogens is 1. The minimum absolute atomic E-state index is 0.0221. The summed E-state index contributed by atoms with van der Waals surface area (Å²) in [5.74, 6) is 0.0221. The first kappa shape index (κ1) is 15.3. The molecule has 0 aliphatic rings. The smallest absolute Gasteiger partial charge is 0.241 e. The lowest BCUT2D eigenvalue weighted by Crippen LogP contribution is -2.37. The summed E-state index contributed by atoms with van der Waals surface area (Å²) in [6.45, 7) is 3.07. The third kappa shape index (κ3) is 4.15. The third-order valence-electron chi connectivity index (χ3n) is 2.74. The first-order chi connectivity index (χ1) is 8.99. The van der Waals surface area contributed by atoms with E-state index in [1.165, 1.54) is 0 Å². The second-order valence-corrected chi connectivity index (χ2v) is 4.89. The number of hydrogen-bond acceptors (Lipinski definition) is 3. The highest BCUT2D eigenvalue weighted by Crippen LogP contribution is 2.27. The summed E-state index contributed by atoms with van der Waals surface area (Å²) in [5.41, 5.74) is 1.31. The number of carbonyl (C=O) groups is 1. The highest BCUT2D eigenvalue weighted by Gasteiger charge is 2.15. The van der Waals surface area contributed by atoms with Crippen LogP contribution in [0.15, 0.2) is 18.2 Å². The molecule has 0 N–H and O–H groups in total. The van der Waals surface area contributed by atoms with Crippen molar-refractivity contribution < 1.29 is 4.79 Å². The highest BCUT2D eigenvalue weighted by atomic mass is 35.5. The Morgan fingerprint density at radius 3 is 2.58 bits per heavy atom. The molecule has 0 aliphatic heterocycles. The van der Waals surface area contributed by atoms with Gasteiger partial charge in [0, 0.05) is 20.6 Å². The van der Waals surface area contributed by atoms with Gasteiger partial charge in [0.1, 0.15) is 0 Å². The van der Waals surface area contributed by atoms with E-state index in [1.807, 2.05) is 17.9 Å². The first-order valence-electron chi connectivity index (χ1n) is 6.14. The number of nitrogens with zero attached hydrogens (tertiary/aromatic N) is 3. The third-order valence-corrected chi connectivity index (χ3v) is 3.04. The number of carbonyl (C=O) groups excluding carboxylic acids is 1. The van der Waals surface area contributed by atoms with E-state index in [0.717, 1.165) is 18.7 Å². The lowest BCUT2D eigenvalue weighted by atomic mass is 10.2. The fourth-order valence-corrected chi connectivity index (χ4v) is 1.99. The predicted octanol–water partition coefficient (Wildman–Crippen LogP) is 2.52. The molecule has 1 amide bonds. The molecule has 0 aromatic heterocycles. The van der Waals surface area contributed by atoms with Crippen LogP contribution in [0, 0.1) is 11.3 Å². The zero-order valence-corrected chi connectivity index (χ0v) is 12.2. The van der Waals surface area contributed by atoms with Crippen molar-refractivity contribution in [1.29, 1.82) is 5.26 Å². The van der Waals surface area contributed by atoms with Gasteiger partial charge in [0.25, 0.3) is 0 Å². The quantitative estimate of drug-likeness (QED) is 0.832. The lowest BCUT2D eigenvalue weighted by molar-refractivity contribution is -0.127. The molecule has 4 nitrogen and oxygen atoms in total. The molecule has 19 heavy (non-hydrogen) atoms. The molecule has 102 valence electrons. The molecule has 0 heterocycles. The van der Waals surface area contributed by atoms with Crippen molar-refractivity contribution in [3.05, 3.63) is 28.8 Å². The number of likely N-dealkylation sites (N-methyl/N-ethyl adjacent to an activating group) is 1. The van der Waals surface area contributed by atoms with Gasteiger partial charge >= 0.3 is 0 Å². The van der Waals surface area contributed by atoms with Crippen molar-refractivity contribution in [1.82, 2.24) is 4.90 Å². The van der Waals surface area contributed by atoms with E-state index >= 15 is 0 Å². The number of benzene rings is 1. The topological polar surface area (TPSA) is 47.3 Å². The maximum Gasteiger partial charge on any atom is 0.241 e. The molecule has 0 radical (unpaired) electrons. The molecule has 0 saturated carbocycles. The van der Waals surface area contributed by atoms with Crippen molar-refractivity contribution in [3.8, 4) is 6.07 Å². The average molecular weight is 280 g/mol. The van der Waals surface area contributed by atoms with Crippen LogP contribution >= 0.6 is 11.6 Å². The summed E-state index contributed by atoms with van der Waals surface area (Å²) in [7, 11) is 3.46. The summed E-state index contributed by atoms with van der Waals surface area (Å²) in [6.07, 6.45) is 0.914. The van der Waals surface area contributed by atoms with E-state index in [-0.39, 0.29) is 12.5 Å². The van der Waals surface area contributed by atoms with Crippen molar-refractivity contribution in [3.63, 3.8) is 0 Å². The number of nitriles is 1. The summed E-state index contributed by atoms with van der Waals surface area (Å²) < 4.78 is 0. The molecule has 0 aliphatic carbocycles. The van der Waals surface area contributed by atoms with Gasteiger partial charge in [0.15, 0.2) is 0 Å². The zero-order chi connectivity index (χ0) is 14.4. The van der Waals surface area contributed by atoms with E-state index in [9.17, 15) is 4.79 Å². The maximum atomic E-state index is 11.8. The van der Waals surface area contributed by atoms with Gasteiger partial charge in [-0.2, -0.15) is 5.26 Å². The van der Waals surface area contributed by atoms with Crippen molar-refractivity contribution >= 4 is 23.2 Å². The molecule has 0 unspecified atom stereocenters. The Morgan fingerprint density at radius 1 is 1.42 bits per heavy atom. The van der Waals surface area contributed by atoms with E-state index < -0.39 is 0 Å². The summed E-state index contributed by atoms with van der Waals surface area (Å²) in [6, 6.07) is 7.17. The molecular weight excluding hydrogens is 262 g/mol. The molecular formula is C14H18ClN3O. The average Bonchev–Trinajstić information content (AvgIpc) is 2.37. The summed E-state index contributed by atoms with van der Waals surface area (Å²) >= 11 is 6.18. The van der Waals surface area contributed by atoms with Gasteiger partial charge in [0.2, 0.25) is 5.91 Å². The standard InChI is InChI=1S/C14H18ClN3O/c1-4-7-18(10-14(19)17(2)3)13-6-5-11(9-16)8-12(13)15/h5-6,8H,4,7,10H2,1-3H3. The van der Waals surface area contributed by atoms with Gasteiger partial charge in [-0.3, -0.25) is 4.79 Å². The van der Waals surface area contributed by atoms with Crippen LogP contribution in [0.2, 0.25) is 5.02 Å². The monoisotopic (exact) mass is 279 g/mol. The van der Waals surface area contributed by atoms with Gasteiger partial charge in [-0.25, -0.2) is 0 Å². The van der Waals surface area contributed by atoms with Crippen LogP contribution in [-0.4, -0.2) is 38.0 Å². The second-order valence-electron chi connectivity index (χ2n) is 4.49. The summed E-state index contributed by atoms with van der Waals surface area (Å²) in [4.78, 5) is 15.3.